The second-order valence-electron chi connectivity index (χ2n) is 6.80. The number of carboxylic acid groups (broad SMARTS) is 1. The standard InChI is InChI=1S/C19H21N3O3/c23-19(24)17-8-16(25-15-4-2-1-3-5-15)12-22(17)11-13-9-20-18(21-10-13)14-6-7-14/h1-5,9-10,14,16-17H,6-8,11-12H2,(H,23,24)/t16-,17-/m0/s1. The predicted molar refractivity (Wildman–Crippen MR) is 91.3 cm³/mol. The van der Waals surface area contributed by atoms with Crippen molar-refractivity contribution in [3.63, 3.8) is 0 Å². The van der Waals surface area contributed by atoms with E-state index >= 15 is 0 Å². The second-order valence-corrected chi connectivity index (χ2v) is 6.80. The van der Waals surface area contributed by atoms with Gasteiger partial charge in [-0.3, -0.25) is 9.69 Å². The molecule has 0 unspecified atom stereocenters. The molecular formula is C19H21N3O3. The van der Waals surface area contributed by atoms with Crippen LogP contribution in [-0.2, 0) is 11.3 Å². The Kier molecular flexibility index (Phi) is 4.36. The molecule has 0 amide bonds. The van der Waals surface area contributed by atoms with Crippen LogP contribution in [0, 0.1) is 0 Å². The number of carbonyl (C=O) groups is 1. The van der Waals surface area contributed by atoms with Gasteiger partial charge < -0.3 is 9.84 Å². The highest BCUT2D eigenvalue weighted by atomic mass is 16.5. The summed E-state index contributed by atoms with van der Waals surface area (Å²) in [5, 5.41) is 9.54. The maximum Gasteiger partial charge on any atom is 0.321 e. The monoisotopic (exact) mass is 339 g/mol. The van der Waals surface area contributed by atoms with Gasteiger partial charge in [-0.1, -0.05) is 18.2 Å². The van der Waals surface area contributed by atoms with Gasteiger partial charge >= 0.3 is 5.97 Å². The number of hydrogen-bond donors (Lipinski definition) is 1. The maximum atomic E-state index is 11.6. The fourth-order valence-corrected chi connectivity index (χ4v) is 3.30. The lowest BCUT2D eigenvalue weighted by Gasteiger charge is -2.20. The van der Waals surface area contributed by atoms with E-state index in [2.05, 4.69) is 9.97 Å². The molecule has 1 saturated carbocycles. The molecule has 1 aliphatic carbocycles. The molecule has 0 bridgehead atoms. The SMILES string of the molecule is O=C(O)[C@@H]1C[C@H](Oc2ccccc2)CN1Cc1cnc(C2CC2)nc1. The molecule has 2 fully saturated rings. The lowest BCUT2D eigenvalue weighted by Crippen LogP contribution is -2.35. The van der Waals surface area contributed by atoms with Gasteiger partial charge in [0, 0.05) is 43.4 Å². The molecule has 6 heteroatoms. The number of benzene rings is 1. The molecule has 0 spiro atoms. The quantitative estimate of drug-likeness (QED) is 0.871. The predicted octanol–water partition coefficient (Wildman–Crippen LogP) is 2.46. The molecular weight excluding hydrogens is 318 g/mol. The van der Waals surface area contributed by atoms with Gasteiger partial charge in [-0.15, -0.1) is 0 Å². The number of nitrogens with zero attached hydrogens (tertiary/aromatic N) is 3. The summed E-state index contributed by atoms with van der Waals surface area (Å²) in [6.07, 6.45) is 6.34. The number of carboxylic acids is 1. The molecule has 2 aromatic rings. The number of ether oxygens (including phenoxy) is 1. The van der Waals surface area contributed by atoms with Crippen molar-refractivity contribution in [2.45, 2.75) is 43.9 Å². The number of hydrogen-bond acceptors (Lipinski definition) is 5. The van der Waals surface area contributed by atoms with E-state index in [1.54, 1.807) is 0 Å². The highest BCUT2D eigenvalue weighted by Gasteiger charge is 2.38. The summed E-state index contributed by atoms with van der Waals surface area (Å²) in [7, 11) is 0. The van der Waals surface area contributed by atoms with Crippen LogP contribution in [-0.4, -0.2) is 44.6 Å². The first-order valence-electron chi connectivity index (χ1n) is 8.68. The first-order chi connectivity index (χ1) is 12.2. The highest BCUT2D eigenvalue weighted by Crippen LogP contribution is 2.37. The minimum Gasteiger partial charge on any atom is -0.489 e. The summed E-state index contributed by atoms with van der Waals surface area (Å²) in [5.41, 5.74) is 0.941. The highest BCUT2D eigenvalue weighted by molar-refractivity contribution is 5.74. The van der Waals surface area contributed by atoms with Crippen LogP contribution in [0.25, 0.3) is 0 Å². The third kappa shape index (κ3) is 3.79. The van der Waals surface area contributed by atoms with Crippen molar-refractivity contribution >= 4 is 5.97 Å². The van der Waals surface area contributed by atoms with Crippen LogP contribution < -0.4 is 4.74 Å². The molecule has 2 heterocycles. The third-order valence-corrected chi connectivity index (χ3v) is 4.75. The Morgan fingerprint density at radius 2 is 1.92 bits per heavy atom. The maximum absolute atomic E-state index is 11.6. The normalized spacial score (nSPS) is 23.5. The molecule has 130 valence electrons. The van der Waals surface area contributed by atoms with Crippen molar-refractivity contribution in [2.75, 3.05) is 6.54 Å². The Morgan fingerprint density at radius 3 is 2.56 bits per heavy atom. The third-order valence-electron chi connectivity index (χ3n) is 4.75. The molecule has 1 aromatic heterocycles. The number of aromatic nitrogens is 2. The average Bonchev–Trinajstić information content (AvgIpc) is 3.39. The molecule has 1 aliphatic heterocycles. The first-order valence-corrected chi connectivity index (χ1v) is 8.68. The largest absolute Gasteiger partial charge is 0.489 e. The Bertz CT molecular complexity index is 731. The Labute approximate surface area is 146 Å². The molecule has 0 radical (unpaired) electrons. The minimum atomic E-state index is -0.810. The van der Waals surface area contributed by atoms with E-state index in [9.17, 15) is 9.90 Å². The van der Waals surface area contributed by atoms with Crippen molar-refractivity contribution in [2.24, 2.45) is 0 Å². The van der Waals surface area contributed by atoms with Gasteiger partial charge in [0.25, 0.3) is 0 Å². The van der Waals surface area contributed by atoms with Crippen LogP contribution in [0.4, 0.5) is 0 Å². The van der Waals surface area contributed by atoms with E-state index in [1.807, 2.05) is 47.6 Å². The second kappa shape index (κ2) is 6.80. The van der Waals surface area contributed by atoms with Gasteiger partial charge in [-0.2, -0.15) is 0 Å². The summed E-state index contributed by atoms with van der Waals surface area (Å²) in [4.78, 5) is 22.4. The van der Waals surface area contributed by atoms with Gasteiger partial charge in [0.05, 0.1) is 0 Å². The van der Waals surface area contributed by atoms with Crippen molar-refractivity contribution < 1.29 is 14.6 Å². The van der Waals surface area contributed by atoms with Gasteiger partial charge in [-0.25, -0.2) is 9.97 Å². The van der Waals surface area contributed by atoms with E-state index in [1.165, 1.54) is 12.8 Å². The summed E-state index contributed by atoms with van der Waals surface area (Å²) in [6, 6.07) is 8.99. The fraction of sp³-hybridized carbons (Fsp3) is 0.421. The van der Waals surface area contributed by atoms with E-state index in [4.69, 9.17) is 4.74 Å². The van der Waals surface area contributed by atoms with Crippen LogP contribution in [0.3, 0.4) is 0 Å². The van der Waals surface area contributed by atoms with Crippen molar-refractivity contribution in [1.82, 2.24) is 14.9 Å². The molecule has 1 N–H and O–H groups in total. The zero-order valence-corrected chi connectivity index (χ0v) is 13.9. The fourth-order valence-electron chi connectivity index (χ4n) is 3.30. The van der Waals surface area contributed by atoms with Crippen LogP contribution in [0.2, 0.25) is 0 Å². The molecule has 4 rings (SSSR count). The van der Waals surface area contributed by atoms with Gasteiger partial charge in [0.15, 0.2) is 0 Å². The molecule has 1 saturated heterocycles. The van der Waals surface area contributed by atoms with Crippen molar-refractivity contribution in [3.8, 4) is 5.75 Å². The summed E-state index contributed by atoms with van der Waals surface area (Å²) in [5.74, 6) is 1.40. The minimum absolute atomic E-state index is 0.129. The molecule has 1 aromatic carbocycles. The molecule has 25 heavy (non-hydrogen) atoms. The zero-order valence-electron chi connectivity index (χ0n) is 13.9. The van der Waals surface area contributed by atoms with E-state index in [0.29, 0.717) is 25.4 Å². The van der Waals surface area contributed by atoms with Crippen molar-refractivity contribution in [3.05, 3.63) is 54.1 Å². The van der Waals surface area contributed by atoms with E-state index < -0.39 is 12.0 Å². The lowest BCUT2D eigenvalue weighted by molar-refractivity contribution is -0.142. The number of aliphatic carboxylic acids is 1. The smallest absolute Gasteiger partial charge is 0.321 e. The van der Waals surface area contributed by atoms with Crippen LogP contribution in [0.1, 0.15) is 36.6 Å². The number of para-hydroxylation sites is 1. The zero-order chi connectivity index (χ0) is 17.2. The number of rotatable bonds is 6. The lowest BCUT2D eigenvalue weighted by atomic mass is 10.2. The van der Waals surface area contributed by atoms with Gasteiger partial charge in [0.1, 0.15) is 23.7 Å². The summed E-state index contributed by atoms with van der Waals surface area (Å²) >= 11 is 0. The topological polar surface area (TPSA) is 75.6 Å². The number of likely N-dealkylation sites (tertiary alicyclic amines) is 1. The van der Waals surface area contributed by atoms with Crippen LogP contribution in [0.5, 0.6) is 5.75 Å². The Morgan fingerprint density at radius 1 is 1.20 bits per heavy atom. The Balaban J connectivity index is 1.42. The first kappa shape index (κ1) is 16.0. The summed E-state index contributed by atoms with van der Waals surface area (Å²) < 4.78 is 5.95. The molecule has 6 nitrogen and oxygen atoms in total. The van der Waals surface area contributed by atoms with Crippen LogP contribution >= 0.6 is 0 Å². The van der Waals surface area contributed by atoms with Crippen molar-refractivity contribution in [1.29, 1.82) is 0 Å². The summed E-state index contributed by atoms with van der Waals surface area (Å²) in [6.45, 7) is 1.10. The van der Waals surface area contributed by atoms with Gasteiger partial charge in [-0.05, 0) is 25.0 Å². The van der Waals surface area contributed by atoms with E-state index in [0.717, 1.165) is 17.1 Å². The Hall–Kier alpha value is -2.47. The molecule has 2 aliphatic rings. The van der Waals surface area contributed by atoms with E-state index in [-0.39, 0.29) is 6.10 Å². The molecule has 2 atom stereocenters. The average molecular weight is 339 g/mol. The van der Waals surface area contributed by atoms with Crippen LogP contribution in [0.15, 0.2) is 42.7 Å². The van der Waals surface area contributed by atoms with Gasteiger partial charge in [0.2, 0.25) is 0 Å².